The minimum Gasteiger partial charge on any atom is -0.669 e. The third-order valence-corrected chi connectivity index (χ3v) is 6.50. The van der Waals surface area contributed by atoms with Crippen molar-refractivity contribution in [2.45, 2.75) is 0 Å². The van der Waals surface area contributed by atoms with Crippen LogP contribution in [0.2, 0.25) is 0 Å². The zero-order valence-corrected chi connectivity index (χ0v) is 28.9. The summed E-state index contributed by atoms with van der Waals surface area (Å²) in [5.41, 5.74) is 6.17. The van der Waals surface area contributed by atoms with Gasteiger partial charge < -0.3 is 42.1 Å². The zero-order chi connectivity index (χ0) is 30.1. The maximum absolute atomic E-state index is 6.57. The molecule has 6 aromatic rings. The molecular weight excluding hydrogens is 933 g/mol. The Kier molecular flexibility index (Phi) is 12.3. The van der Waals surface area contributed by atoms with Gasteiger partial charge in [0.1, 0.15) is 0 Å². The van der Waals surface area contributed by atoms with E-state index >= 15 is 0 Å². The minimum absolute atomic E-state index is 0. The summed E-state index contributed by atoms with van der Waals surface area (Å²) in [5.74, 6) is 1.14. The molecule has 6 nitrogen and oxygen atoms in total. The fourth-order valence-electron chi connectivity index (χ4n) is 4.37. The average Bonchev–Trinajstić information content (AvgIpc) is 3.78. The van der Waals surface area contributed by atoms with E-state index in [1.165, 1.54) is 0 Å². The number of benzene rings is 3. The van der Waals surface area contributed by atoms with Crippen LogP contribution in [0.5, 0.6) is 11.5 Å². The third kappa shape index (κ3) is 8.73. The molecule has 0 spiro atoms. The van der Waals surface area contributed by atoms with Gasteiger partial charge in [0.25, 0.3) is 0 Å². The van der Waals surface area contributed by atoms with Crippen molar-refractivity contribution in [3.05, 3.63) is 166 Å². The first-order valence-corrected chi connectivity index (χ1v) is 13.7. The first-order valence-electron chi connectivity index (χ1n) is 13.7. The molecule has 4 heterocycles. The maximum atomic E-state index is 6.57. The number of ether oxygens (including phenoxy) is 1. The Morgan fingerprint density at radius 3 is 2.33 bits per heavy atom. The quantitative estimate of drug-likeness (QED) is 0.128. The monoisotopic (exact) mass is 956 g/mol. The van der Waals surface area contributed by atoms with Gasteiger partial charge in [-0.2, -0.15) is 48.8 Å². The number of aromatic nitrogens is 3. The van der Waals surface area contributed by atoms with Crippen LogP contribution in [0.15, 0.2) is 122 Å². The van der Waals surface area contributed by atoms with Gasteiger partial charge in [0.05, 0.1) is 0 Å². The van der Waals surface area contributed by atoms with E-state index in [1.54, 1.807) is 41.6 Å². The summed E-state index contributed by atoms with van der Waals surface area (Å²) in [5, 5.41) is 0. The van der Waals surface area contributed by atoms with Crippen LogP contribution in [0.1, 0.15) is 0 Å². The van der Waals surface area contributed by atoms with Gasteiger partial charge in [-0.15, -0.1) is 35.5 Å². The Hall–Kier alpha value is -4.68. The van der Waals surface area contributed by atoms with Gasteiger partial charge in [-0.1, -0.05) is 5.75 Å². The molecule has 0 radical (unpaired) electrons. The number of nitrogens with zero attached hydrogens (tertiary/aromatic N) is 5. The second-order valence-corrected chi connectivity index (χ2v) is 9.59. The molecule has 8 heteroatoms. The second kappa shape index (κ2) is 16.6. The molecule has 0 fully saturated rings. The molecule has 7 rings (SSSR count). The van der Waals surface area contributed by atoms with Gasteiger partial charge >= 0.3 is 21.1 Å². The molecule has 0 unspecified atom stereocenters. The zero-order valence-electron chi connectivity index (χ0n) is 24.4. The molecule has 0 bridgehead atoms. The molecule has 0 saturated carbocycles. The fourth-order valence-corrected chi connectivity index (χ4v) is 4.37. The number of anilines is 1. The molecule has 3 aromatic carbocycles. The third-order valence-electron chi connectivity index (χ3n) is 6.50. The number of hydrogen-bond acceptors (Lipinski definition) is 5. The molecule has 1 aliphatic heterocycles. The van der Waals surface area contributed by atoms with Gasteiger partial charge in [-0.25, -0.2) is 23.2 Å². The summed E-state index contributed by atoms with van der Waals surface area (Å²) in [6, 6.07) is 43.7. The van der Waals surface area contributed by atoms with E-state index in [-0.39, 0.29) is 42.1 Å². The van der Waals surface area contributed by atoms with Gasteiger partial charge in [0.15, 0.2) is 0 Å². The molecule has 1 aliphatic rings. The van der Waals surface area contributed by atoms with Gasteiger partial charge in [-0.3, -0.25) is 17.1 Å². The molecule has 0 atom stereocenters. The summed E-state index contributed by atoms with van der Waals surface area (Å²) in [6.07, 6.45) is 19.4. The summed E-state index contributed by atoms with van der Waals surface area (Å²) >= 11 is 0. The molecule has 0 amide bonds. The average molecular weight is 957 g/mol. The van der Waals surface area contributed by atoms with E-state index in [4.69, 9.17) is 11.2 Å². The van der Waals surface area contributed by atoms with E-state index in [0.29, 0.717) is 22.8 Å². The molecule has 0 N–H and O–H groups in total. The Bertz CT molecular complexity index is 1920. The van der Waals surface area contributed by atoms with Crippen LogP contribution < -0.4 is 9.64 Å². The van der Waals surface area contributed by atoms with Crippen LogP contribution >= 0.6 is 0 Å². The topological polar surface area (TPSA) is 46.4 Å². The van der Waals surface area contributed by atoms with Crippen LogP contribution in [-0.2, 0) is 42.1 Å². The van der Waals surface area contributed by atoms with Crippen LogP contribution in [-0.4, -0.2) is 26.5 Å². The van der Waals surface area contributed by atoms with Crippen LogP contribution in [0, 0.1) is 49.5 Å². The van der Waals surface area contributed by atoms with Gasteiger partial charge in [0.2, 0.25) is 0 Å². The minimum atomic E-state index is 0. The standard InChI is InChI=1S/C32H20N4O.C6H4N.2Pt/c1-35-17-18-36(23-35)29-8-4-10-31(22-29)37-30-9-3-7-28(20-30)32-21-27(13-16-34-32)26-6-2-5-25(19-26)24-11-14-33-15-12-24;1-2-7-5-3-4-6-7;;/h2-5,8-19,23H,1H3;3-6H;;/q-6;-1;;+4. The largest absolute Gasteiger partial charge is 4.00 e. The van der Waals surface area contributed by atoms with Crippen molar-refractivity contribution < 1.29 is 46.9 Å². The Balaban J connectivity index is 0.000000475. The fraction of sp³-hybridized carbons (Fsp3) is 0.0263. The van der Waals surface area contributed by atoms with E-state index in [2.05, 4.69) is 52.4 Å². The number of rotatable bonds is 6. The van der Waals surface area contributed by atoms with E-state index in [0.717, 1.165) is 27.9 Å². The molecule has 46 heavy (non-hydrogen) atoms. The van der Waals surface area contributed by atoms with E-state index in [1.807, 2.05) is 103 Å². The molecule has 3 aromatic heterocycles. The van der Waals surface area contributed by atoms with Crippen molar-refractivity contribution in [2.75, 3.05) is 11.9 Å². The predicted octanol–water partition coefficient (Wildman–Crippen LogP) is 7.49. The Labute approximate surface area is 298 Å². The van der Waals surface area contributed by atoms with Crippen molar-refractivity contribution in [3.63, 3.8) is 0 Å². The second-order valence-electron chi connectivity index (χ2n) is 9.59. The van der Waals surface area contributed by atoms with Crippen LogP contribution in [0.4, 0.5) is 5.69 Å². The molecule has 0 aliphatic carbocycles. The van der Waals surface area contributed by atoms with Crippen LogP contribution in [0.25, 0.3) is 33.5 Å². The van der Waals surface area contributed by atoms with E-state index < -0.39 is 0 Å². The van der Waals surface area contributed by atoms with Gasteiger partial charge in [0, 0.05) is 51.6 Å². The molecule has 230 valence electrons. The van der Waals surface area contributed by atoms with Gasteiger partial charge in [-0.05, 0) is 55.5 Å². The van der Waals surface area contributed by atoms with E-state index in [9.17, 15) is 0 Å². The molecular formula is C38H24N5OPt2-3. The predicted molar refractivity (Wildman–Crippen MR) is 170 cm³/mol. The van der Waals surface area contributed by atoms with Crippen LogP contribution in [0.3, 0.4) is 0 Å². The van der Waals surface area contributed by atoms with Crippen molar-refractivity contribution in [1.82, 2.24) is 19.4 Å². The summed E-state index contributed by atoms with van der Waals surface area (Å²) in [4.78, 5) is 12.6. The first kappa shape index (κ1) is 34.2. The molecule has 0 saturated heterocycles. The first-order chi connectivity index (χ1) is 21.6. The summed E-state index contributed by atoms with van der Waals surface area (Å²) in [7, 11) is 1.98. The maximum Gasteiger partial charge on any atom is 4.00 e. The smallest absolute Gasteiger partial charge is 0.669 e. The summed E-state index contributed by atoms with van der Waals surface area (Å²) < 4.78 is 7.63. The normalized spacial score (nSPS) is 11.4. The Morgan fingerprint density at radius 1 is 0.804 bits per heavy atom. The van der Waals surface area contributed by atoms with Crippen molar-refractivity contribution in [1.29, 1.82) is 0 Å². The SMILES string of the molecule is CN1C=CN(c2[c-]c(Oc3[c-]c(-c4[c-]c(-c5[c-]ccc(-c6ccncc6)c5)ccn4)[c-]cc3)ccc2)[CH-]1.[C-]#Cn1cccc1.[Pt+4].[Pt]. The van der Waals surface area contributed by atoms with Crippen molar-refractivity contribution >= 4 is 5.69 Å². The van der Waals surface area contributed by atoms with Crippen molar-refractivity contribution in [2.24, 2.45) is 0 Å². The number of hydrogen-bond donors (Lipinski definition) is 0. The summed E-state index contributed by atoms with van der Waals surface area (Å²) in [6.45, 7) is 1.97. The number of pyridine rings is 2. The Morgan fingerprint density at radius 2 is 1.59 bits per heavy atom. The van der Waals surface area contributed by atoms with Crippen molar-refractivity contribution in [3.8, 4) is 51.1 Å².